The first-order valence-corrected chi connectivity index (χ1v) is 4.69. The van der Waals surface area contributed by atoms with E-state index in [2.05, 4.69) is 0 Å². The zero-order chi connectivity index (χ0) is 10.9. The summed E-state index contributed by atoms with van der Waals surface area (Å²) in [7, 11) is 1.88. The molecule has 0 aromatic carbocycles. The van der Waals surface area contributed by atoms with Crippen LogP contribution in [0.4, 0.5) is 0 Å². The van der Waals surface area contributed by atoms with Crippen LogP contribution in [0.15, 0.2) is 10.9 Å². The molecule has 0 radical (unpaired) electrons. The summed E-state index contributed by atoms with van der Waals surface area (Å²) in [5, 5.41) is 0. The first kappa shape index (κ1) is 10.7. The molecule has 1 rings (SSSR count). The second kappa shape index (κ2) is 3.78. The number of rotatable bonds is 2. The van der Waals surface area contributed by atoms with Crippen molar-refractivity contribution < 1.29 is 4.79 Å². The first-order chi connectivity index (χ1) is 6.49. The van der Waals surface area contributed by atoms with E-state index in [1.54, 1.807) is 0 Å². The van der Waals surface area contributed by atoms with E-state index in [1.807, 2.05) is 25.5 Å². The Morgan fingerprint density at radius 3 is 2.50 bits per heavy atom. The fraction of sp³-hybridized carbons (Fsp3) is 0.455. The Hall–Kier alpha value is -1.38. The SMILES string of the molecule is CCc1c(C(C)=O)c(=O)cc(C)n1C. The summed E-state index contributed by atoms with van der Waals surface area (Å²) < 4.78 is 1.90. The largest absolute Gasteiger partial charge is 0.351 e. The molecule has 0 spiro atoms. The number of carbonyl (C=O) groups is 1. The maximum atomic E-state index is 11.6. The van der Waals surface area contributed by atoms with Gasteiger partial charge in [0, 0.05) is 24.5 Å². The van der Waals surface area contributed by atoms with Crippen molar-refractivity contribution in [1.82, 2.24) is 4.57 Å². The van der Waals surface area contributed by atoms with E-state index in [-0.39, 0.29) is 11.2 Å². The third-order valence-electron chi connectivity index (χ3n) is 2.50. The molecule has 1 aromatic heterocycles. The Morgan fingerprint density at radius 2 is 2.07 bits per heavy atom. The molecule has 0 aliphatic heterocycles. The van der Waals surface area contributed by atoms with Crippen molar-refractivity contribution >= 4 is 5.78 Å². The summed E-state index contributed by atoms with van der Waals surface area (Å²) in [5.41, 5.74) is 1.88. The van der Waals surface area contributed by atoms with Crippen molar-refractivity contribution in [2.24, 2.45) is 7.05 Å². The Balaban J connectivity index is 3.64. The molecular formula is C11H15NO2. The van der Waals surface area contributed by atoms with Gasteiger partial charge in [-0.05, 0) is 20.3 Å². The van der Waals surface area contributed by atoms with Crippen molar-refractivity contribution in [3.8, 4) is 0 Å². The van der Waals surface area contributed by atoms with E-state index < -0.39 is 0 Å². The molecule has 3 nitrogen and oxygen atoms in total. The number of Topliss-reactive ketones (excluding diaryl/α,β-unsaturated/α-hetero) is 1. The highest BCUT2D eigenvalue weighted by Crippen LogP contribution is 2.08. The smallest absolute Gasteiger partial charge is 0.192 e. The van der Waals surface area contributed by atoms with E-state index >= 15 is 0 Å². The number of nitrogens with zero attached hydrogens (tertiary/aromatic N) is 1. The highest BCUT2D eigenvalue weighted by molar-refractivity contribution is 5.95. The van der Waals surface area contributed by atoms with E-state index in [1.165, 1.54) is 13.0 Å². The van der Waals surface area contributed by atoms with Gasteiger partial charge in [0.1, 0.15) is 0 Å². The van der Waals surface area contributed by atoms with Crippen LogP contribution in [0.5, 0.6) is 0 Å². The van der Waals surface area contributed by atoms with Crippen molar-refractivity contribution in [1.29, 1.82) is 0 Å². The van der Waals surface area contributed by atoms with E-state index in [0.717, 1.165) is 11.4 Å². The molecule has 1 aromatic rings. The van der Waals surface area contributed by atoms with Crippen LogP contribution in [-0.2, 0) is 13.5 Å². The van der Waals surface area contributed by atoms with Gasteiger partial charge < -0.3 is 4.57 Å². The number of hydrogen-bond acceptors (Lipinski definition) is 2. The van der Waals surface area contributed by atoms with Crippen LogP contribution < -0.4 is 5.43 Å². The molecule has 14 heavy (non-hydrogen) atoms. The van der Waals surface area contributed by atoms with Crippen molar-refractivity contribution in [2.45, 2.75) is 27.2 Å². The molecule has 0 bridgehead atoms. The van der Waals surface area contributed by atoms with E-state index in [9.17, 15) is 9.59 Å². The lowest BCUT2D eigenvalue weighted by Crippen LogP contribution is -2.21. The third kappa shape index (κ3) is 1.62. The lowest BCUT2D eigenvalue weighted by atomic mass is 10.1. The molecule has 0 aliphatic rings. The summed E-state index contributed by atoms with van der Waals surface area (Å²) >= 11 is 0. The van der Waals surface area contributed by atoms with E-state index in [4.69, 9.17) is 0 Å². The summed E-state index contributed by atoms with van der Waals surface area (Å²) in [5.74, 6) is -0.151. The Labute approximate surface area is 83.4 Å². The molecular weight excluding hydrogens is 178 g/mol. The van der Waals surface area contributed by atoms with Crippen LogP contribution in [0.2, 0.25) is 0 Å². The second-order valence-corrected chi connectivity index (χ2v) is 3.44. The van der Waals surface area contributed by atoms with Crippen LogP contribution in [0.1, 0.15) is 35.6 Å². The number of aromatic nitrogens is 1. The quantitative estimate of drug-likeness (QED) is 0.667. The third-order valence-corrected chi connectivity index (χ3v) is 2.50. The standard InChI is InChI=1S/C11H15NO2/c1-5-9-11(8(3)13)10(14)6-7(2)12(9)4/h6H,5H2,1-4H3. The number of carbonyl (C=O) groups excluding carboxylic acids is 1. The molecule has 0 saturated heterocycles. The average Bonchev–Trinajstić information content (AvgIpc) is 2.09. The normalized spacial score (nSPS) is 10.3. The topological polar surface area (TPSA) is 39.1 Å². The molecule has 0 atom stereocenters. The summed E-state index contributed by atoms with van der Waals surface area (Å²) in [6, 6.07) is 1.51. The molecule has 0 N–H and O–H groups in total. The van der Waals surface area contributed by atoms with Gasteiger partial charge in [0.2, 0.25) is 0 Å². The minimum atomic E-state index is -0.162. The molecule has 3 heteroatoms. The van der Waals surface area contributed by atoms with Crippen LogP contribution in [0, 0.1) is 6.92 Å². The number of pyridine rings is 1. The van der Waals surface area contributed by atoms with Gasteiger partial charge in [-0.1, -0.05) is 6.92 Å². The van der Waals surface area contributed by atoms with Gasteiger partial charge in [-0.2, -0.15) is 0 Å². The minimum Gasteiger partial charge on any atom is -0.351 e. The highest BCUT2D eigenvalue weighted by atomic mass is 16.1. The van der Waals surface area contributed by atoms with Gasteiger partial charge >= 0.3 is 0 Å². The Bertz CT molecular complexity index is 430. The molecule has 0 saturated carbocycles. The predicted octanol–water partition coefficient (Wildman–Crippen LogP) is 1.46. The second-order valence-electron chi connectivity index (χ2n) is 3.44. The maximum absolute atomic E-state index is 11.6. The van der Waals surface area contributed by atoms with E-state index in [0.29, 0.717) is 12.0 Å². The molecule has 0 aliphatic carbocycles. The van der Waals surface area contributed by atoms with Crippen molar-refractivity contribution in [2.75, 3.05) is 0 Å². The van der Waals surface area contributed by atoms with Crippen LogP contribution in [0.25, 0.3) is 0 Å². The fourth-order valence-electron chi connectivity index (χ4n) is 1.67. The van der Waals surface area contributed by atoms with Gasteiger partial charge in [0.25, 0.3) is 0 Å². The van der Waals surface area contributed by atoms with Crippen LogP contribution in [-0.4, -0.2) is 10.4 Å². The van der Waals surface area contributed by atoms with Gasteiger partial charge in [-0.15, -0.1) is 0 Å². The minimum absolute atomic E-state index is 0.151. The number of hydrogen-bond donors (Lipinski definition) is 0. The lowest BCUT2D eigenvalue weighted by Gasteiger charge is -2.13. The zero-order valence-electron chi connectivity index (χ0n) is 9.05. The number of ketones is 1. The molecule has 76 valence electrons. The maximum Gasteiger partial charge on any atom is 0.192 e. The molecule has 0 amide bonds. The molecule has 0 fully saturated rings. The van der Waals surface area contributed by atoms with Gasteiger partial charge in [-0.25, -0.2) is 0 Å². The van der Waals surface area contributed by atoms with Crippen molar-refractivity contribution in [3.63, 3.8) is 0 Å². The van der Waals surface area contributed by atoms with Crippen LogP contribution in [0.3, 0.4) is 0 Å². The molecule has 1 heterocycles. The van der Waals surface area contributed by atoms with Gasteiger partial charge in [0.05, 0.1) is 5.56 Å². The van der Waals surface area contributed by atoms with Crippen molar-refractivity contribution in [3.05, 3.63) is 33.2 Å². The summed E-state index contributed by atoms with van der Waals surface area (Å²) in [4.78, 5) is 22.9. The van der Waals surface area contributed by atoms with Gasteiger partial charge in [-0.3, -0.25) is 9.59 Å². The zero-order valence-corrected chi connectivity index (χ0v) is 9.05. The lowest BCUT2D eigenvalue weighted by molar-refractivity contribution is 0.101. The summed E-state index contributed by atoms with van der Waals surface area (Å²) in [6.45, 7) is 5.25. The monoisotopic (exact) mass is 193 g/mol. The molecule has 0 unspecified atom stereocenters. The van der Waals surface area contributed by atoms with Crippen LogP contribution >= 0.6 is 0 Å². The summed E-state index contributed by atoms with van der Waals surface area (Å²) in [6.07, 6.45) is 0.697. The predicted molar refractivity (Wildman–Crippen MR) is 55.8 cm³/mol. The number of aryl methyl sites for hydroxylation is 1. The fourth-order valence-corrected chi connectivity index (χ4v) is 1.67. The average molecular weight is 193 g/mol. The van der Waals surface area contributed by atoms with Gasteiger partial charge in [0.15, 0.2) is 11.2 Å². The first-order valence-electron chi connectivity index (χ1n) is 4.69. The highest BCUT2D eigenvalue weighted by Gasteiger charge is 2.13. The Kier molecular flexibility index (Phi) is 2.89. The Morgan fingerprint density at radius 1 is 1.50 bits per heavy atom.